The molecule has 0 aromatic heterocycles. The molecule has 1 aliphatic heterocycles. The summed E-state index contributed by atoms with van der Waals surface area (Å²) in [6.07, 6.45) is 1.64. The van der Waals surface area contributed by atoms with Crippen molar-refractivity contribution in [1.29, 1.82) is 0 Å². The Kier molecular flexibility index (Phi) is 4.25. The summed E-state index contributed by atoms with van der Waals surface area (Å²) in [6.45, 7) is 0.252. The van der Waals surface area contributed by atoms with Crippen LogP contribution in [0.4, 0.5) is 5.69 Å². The average molecular weight is 389 g/mol. The van der Waals surface area contributed by atoms with E-state index in [0.717, 1.165) is 46.5 Å². The number of aliphatic hydroxyl groups excluding tert-OH is 1. The van der Waals surface area contributed by atoms with E-state index in [9.17, 15) is 9.90 Å². The summed E-state index contributed by atoms with van der Waals surface area (Å²) in [5.74, 6) is 1.43. The molecule has 1 saturated carbocycles. The first-order valence-corrected chi connectivity index (χ1v) is 9.70. The first kappa shape index (κ1) is 17.8. The molecular formula is C24H23NO4. The molecule has 1 heterocycles. The maximum Gasteiger partial charge on any atom is 0.235 e. The van der Waals surface area contributed by atoms with E-state index in [1.807, 2.05) is 66.7 Å². The fourth-order valence-electron chi connectivity index (χ4n) is 3.80. The molecule has 2 N–H and O–H groups in total. The number of ether oxygens (including phenoxy) is 2. The number of fused-ring (bicyclic) bond motifs is 1. The van der Waals surface area contributed by atoms with Crippen LogP contribution in [0.25, 0.3) is 11.1 Å². The number of nitrogens with one attached hydrogen (secondary N) is 1. The smallest absolute Gasteiger partial charge is 0.235 e. The summed E-state index contributed by atoms with van der Waals surface area (Å²) in [4.78, 5) is 13.1. The zero-order valence-corrected chi connectivity index (χ0v) is 15.9. The van der Waals surface area contributed by atoms with Gasteiger partial charge in [-0.05, 0) is 59.4 Å². The minimum absolute atomic E-state index is 0. The second-order valence-electron chi connectivity index (χ2n) is 7.54. The van der Waals surface area contributed by atoms with Gasteiger partial charge >= 0.3 is 0 Å². The topological polar surface area (TPSA) is 67.8 Å². The Bertz CT molecular complexity index is 1080. The fourth-order valence-corrected chi connectivity index (χ4v) is 3.80. The third-order valence-electron chi connectivity index (χ3n) is 5.70. The number of hydrogen-bond donors (Lipinski definition) is 2. The standard InChI is InChI=1S/C24H21NO4.H2/c26-14-16-4-6-17(7-5-16)18-2-1-3-20(12-18)25-23(27)24(10-11-24)19-8-9-21-22(13-19)29-15-28-21;/h1-9,12-13,26H,10-11,14-15H2,(H,25,27);1H. The van der Waals surface area contributed by atoms with Gasteiger partial charge in [0, 0.05) is 7.11 Å². The van der Waals surface area contributed by atoms with Crippen molar-refractivity contribution in [2.24, 2.45) is 0 Å². The monoisotopic (exact) mass is 389 g/mol. The van der Waals surface area contributed by atoms with Crippen LogP contribution in [0.2, 0.25) is 0 Å². The Morgan fingerprint density at radius 1 is 0.966 bits per heavy atom. The number of hydrogen-bond acceptors (Lipinski definition) is 4. The number of rotatable bonds is 5. The highest BCUT2D eigenvalue weighted by atomic mass is 16.7. The third kappa shape index (κ3) is 3.23. The zero-order chi connectivity index (χ0) is 19.8. The van der Waals surface area contributed by atoms with Gasteiger partial charge < -0.3 is 19.9 Å². The lowest BCUT2D eigenvalue weighted by Crippen LogP contribution is -2.27. The fraction of sp³-hybridized carbons (Fsp3) is 0.208. The quantitative estimate of drug-likeness (QED) is 0.675. The van der Waals surface area contributed by atoms with Gasteiger partial charge in [-0.25, -0.2) is 0 Å². The van der Waals surface area contributed by atoms with Crippen LogP contribution >= 0.6 is 0 Å². The molecule has 0 bridgehead atoms. The number of carbonyl (C=O) groups excluding carboxylic acids is 1. The van der Waals surface area contributed by atoms with E-state index in [1.165, 1.54) is 0 Å². The summed E-state index contributed by atoms with van der Waals surface area (Å²) in [5.41, 5.74) is 4.16. The number of benzene rings is 3. The van der Waals surface area contributed by atoms with Crippen molar-refractivity contribution in [2.45, 2.75) is 24.9 Å². The van der Waals surface area contributed by atoms with Gasteiger partial charge in [0.15, 0.2) is 11.5 Å². The summed E-state index contributed by atoms with van der Waals surface area (Å²) < 4.78 is 10.8. The molecule has 3 aromatic carbocycles. The highest BCUT2D eigenvalue weighted by molar-refractivity contribution is 6.01. The molecule has 29 heavy (non-hydrogen) atoms. The largest absolute Gasteiger partial charge is 0.454 e. The Morgan fingerprint density at radius 3 is 2.52 bits per heavy atom. The maximum atomic E-state index is 13.1. The Morgan fingerprint density at radius 2 is 1.76 bits per heavy atom. The first-order chi connectivity index (χ1) is 14.2. The van der Waals surface area contributed by atoms with Crippen LogP contribution < -0.4 is 14.8 Å². The van der Waals surface area contributed by atoms with Crippen molar-refractivity contribution >= 4 is 11.6 Å². The van der Waals surface area contributed by atoms with Gasteiger partial charge in [0.05, 0.1) is 12.0 Å². The summed E-state index contributed by atoms with van der Waals surface area (Å²) in [7, 11) is 0. The molecule has 0 spiro atoms. The molecule has 3 aromatic rings. The van der Waals surface area contributed by atoms with Crippen molar-refractivity contribution in [2.75, 3.05) is 12.1 Å². The lowest BCUT2D eigenvalue weighted by atomic mass is 9.94. The molecule has 2 aliphatic rings. The maximum absolute atomic E-state index is 13.1. The van der Waals surface area contributed by atoms with Crippen LogP contribution in [0.1, 0.15) is 25.4 Å². The van der Waals surface area contributed by atoms with Gasteiger partial charge in [-0.15, -0.1) is 0 Å². The average Bonchev–Trinajstić information content (AvgIpc) is 3.45. The van der Waals surface area contributed by atoms with E-state index >= 15 is 0 Å². The number of carbonyl (C=O) groups is 1. The predicted octanol–water partition coefficient (Wildman–Crippen LogP) is 4.49. The van der Waals surface area contributed by atoms with E-state index in [4.69, 9.17) is 9.47 Å². The van der Waals surface area contributed by atoms with Gasteiger partial charge in [0.1, 0.15) is 0 Å². The number of anilines is 1. The molecule has 5 heteroatoms. The van der Waals surface area contributed by atoms with Crippen molar-refractivity contribution < 1.29 is 20.8 Å². The number of aliphatic hydroxyl groups is 1. The molecule has 1 amide bonds. The highest BCUT2D eigenvalue weighted by Crippen LogP contribution is 2.51. The van der Waals surface area contributed by atoms with Gasteiger partial charge in [-0.2, -0.15) is 0 Å². The molecule has 1 fully saturated rings. The molecule has 0 radical (unpaired) electrons. The lowest BCUT2D eigenvalue weighted by molar-refractivity contribution is -0.118. The SMILES string of the molecule is O=C(Nc1cccc(-c2ccc(CO)cc2)c1)C1(c2ccc3c(c2)OCO3)CC1.[HH]. The zero-order valence-electron chi connectivity index (χ0n) is 15.9. The third-order valence-corrected chi connectivity index (χ3v) is 5.70. The molecule has 1 aliphatic carbocycles. The first-order valence-electron chi connectivity index (χ1n) is 9.70. The predicted molar refractivity (Wildman–Crippen MR) is 112 cm³/mol. The van der Waals surface area contributed by atoms with Gasteiger partial charge in [0.25, 0.3) is 0 Å². The van der Waals surface area contributed by atoms with E-state index in [2.05, 4.69) is 5.32 Å². The summed E-state index contributed by atoms with van der Waals surface area (Å²) in [6, 6.07) is 21.3. The molecule has 0 saturated heterocycles. The molecule has 0 unspecified atom stereocenters. The van der Waals surface area contributed by atoms with E-state index < -0.39 is 5.41 Å². The second kappa shape index (κ2) is 6.94. The van der Waals surface area contributed by atoms with Gasteiger partial charge in [-0.1, -0.05) is 42.5 Å². The van der Waals surface area contributed by atoms with Crippen LogP contribution in [0.5, 0.6) is 11.5 Å². The minimum atomic E-state index is -0.500. The Balaban J connectivity index is 0.00000218. The summed E-state index contributed by atoms with van der Waals surface area (Å²) in [5, 5.41) is 12.3. The highest BCUT2D eigenvalue weighted by Gasteiger charge is 2.51. The van der Waals surface area contributed by atoms with E-state index in [0.29, 0.717) is 5.75 Å². The van der Waals surface area contributed by atoms with E-state index in [-0.39, 0.29) is 20.7 Å². The lowest BCUT2D eigenvalue weighted by Gasteiger charge is -2.17. The Hall–Kier alpha value is -3.31. The molecule has 5 nitrogen and oxygen atoms in total. The van der Waals surface area contributed by atoms with Crippen LogP contribution in [0, 0.1) is 0 Å². The number of amides is 1. The molecule has 5 rings (SSSR count). The normalized spacial score (nSPS) is 15.8. The summed E-state index contributed by atoms with van der Waals surface area (Å²) >= 11 is 0. The van der Waals surface area contributed by atoms with Gasteiger partial charge in [0.2, 0.25) is 12.7 Å². The Labute approximate surface area is 170 Å². The van der Waals surface area contributed by atoms with Crippen molar-refractivity contribution in [1.82, 2.24) is 0 Å². The van der Waals surface area contributed by atoms with Crippen molar-refractivity contribution in [3.8, 4) is 22.6 Å². The molecule has 148 valence electrons. The van der Waals surface area contributed by atoms with Crippen LogP contribution in [-0.2, 0) is 16.8 Å². The minimum Gasteiger partial charge on any atom is -0.454 e. The van der Waals surface area contributed by atoms with Crippen molar-refractivity contribution in [3.05, 3.63) is 77.9 Å². The van der Waals surface area contributed by atoms with Crippen molar-refractivity contribution in [3.63, 3.8) is 0 Å². The van der Waals surface area contributed by atoms with Gasteiger partial charge in [-0.3, -0.25) is 4.79 Å². The van der Waals surface area contributed by atoms with E-state index in [1.54, 1.807) is 0 Å². The molecule has 0 atom stereocenters. The van der Waals surface area contributed by atoms with Crippen LogP contribution in [-0.4, -0.2) is 17.8 Å². The van der Waals surface area contributed by atoms with Crippen LogP contribution in [0.3, 0.4) is 0 Å². The van der Waals surface area contributed by atoms with Crippen LogP contribution in [0.15, 0.2) is 66.7 Å². The molecular weight excluding hydrogens is 366 g/mol. The second-order valence-corrected chi connectivity index (χ2v) is 7.54.